The van der Waals surface area contributed by atoms with E-state index in [1.165, 1.54) is 7.11 Å². The zero-order chi connectivity index (χ0) is 10.4. The summed E-state index contributed by atoms with van der Waals surface area (Å²) in [7, 11) is 1.49. The first-order valence-corrected chi connectivity index (χ1v) is 4.03. The van der Waals surface area contributed by atoms with Crippen molar-refractivity contribution in [3.05, 3.63) is 12.2 Å². The van der Waals surface area contributed by atoms with Crippen LogP contribution in [0.5, 0.6) is 0 Å². The second-order valence-corrected chi connectivity index (χ2v) is 2.85. The van der Waals surface area contributed by atoms with Crippen molar-refractivity contribution in [1.29, 1.82) is 0 Å². The van der Waals surface area contributed by atoms with Crippen molar-refractivity contribution in [2.45, 2.75) is 26.1 Å². The van der Waals surface area contributed by atoms with Gasteiger partial charge in [-0.3, -0.25) is 0 Å². The van der Waals surface area contributed by atoms with Gasteiger partial charge in [0, 0.05) is 12.7 Å². The molecule has 2 unspecified atom stereocenters. The first-order chi connectivity index (χ1) is 6.02. The van der Waals surface area contributed by atoms with Crippen LogP contribution in [0.2, 0.25) is 0 Å². The first kappa shape index (κ1) is 12.1. The molecule has 0 rings (SSSR count). The lowest BCUT2D eigenvalue weighted by Gasteiger charge is -2.20. The predicted octanol–water partition coefficient (Wildman–Crippen LogP) is 0.502. The van der Waals surface area contributed by atoms with Crippen molar-refractivity contribution >= 4 is 5.97 Å². The summed E-state index contributed by atoms with van der Waals surface area (Å²) in [6, 6.07) is 0. The van der Waals surface area contributed by atoms with Gasteiger partial charge in [-0.2, -0.15) is 0 Å². The van der Waals surface area contributed by atoms with E-state index in [-0.39, 0.29) is 12.7 Å². The van der Waals surface area contributed by atoms with E-state index in [4.69, 9.17) is 14.6 Å². The molecule has 1 N–H and O–H groups in total. The smallest absolute Gasteiger partial charge is 0.333 e. The summed E-state index contributed by atoms with van der Waals surface area (Å²) in [6.45, 7) is 6.44. The van der Waals surface area contributed by atoms with Crippen molar-refractivity contribution in [2.24, 2.45) is 0 Å². The molecule has 0 radical (unpaired) electrons. The summed E-state index contributed by atoms with van der Waals surface area (Å²) < 4.78 is 9.82. The summed E-state index contributed by atoms with van der Waals surface area (Å²) >= 11 is 0. The van der Waals surface area contributed by atoms with Gasteiger partial charge < -0.3 is 14.6 Å². The summed E-state index contributed by atoms with van der Waals surface area (Å²) in [5.74, 6) is -0.511. The number of esters is 1. The highest BCUT2D eigenvalue weighted by atomic mass is 16.6. The number of ether oxygens (including phenoxy) is 2. The number of hydrogen-bond donors (Lipinski definition) is 1. The van der Waals surface area contributed by atoms with Crippen LogP contribution in [0.25, 0.3) is 0 Å². The fourth-order valence-corrected chi connectivity index (χ4v) is 0.671. The normalized spacial score (nSPS) is 14.8. The van der Waals surface area contributed by atoms with Crippen LogP contribution in [-0.4, -0.2) is 37.0 Å². The van der Waals surface area contributed by atoms with Crippen LogP contribution in [-0.2, 0) is 14.3 Å². The summed E-state index contributed by atoms with van der Waals surface area (Å²) in [4.78, 5) is 11.0. The van der Waals surface area contributed by atoms with Crippen molar-refractivity contribution in [2.75, 3.05) is 13.7 Å². The molecule has 13 heavy (non-hydrogen) atoms. The van der Waals surface area contributed by atoms with Crippen molar-refractivity contribution in [3.8, 4) is 0 Å². The third kappa shape index (κ3) is 4.05. The van der Waals surface area contributed by atoms with Gasteiger partial charge in [0.2, 0.25) is 0 Å². The van der Waals surface area contributed by atoms with Crippen LogP contribution in [0.1, 0.15) is 13.8 Å². The van der Waals surface area contributed by atoms with E-state index in [0.717, 1.165) is 0 Å². The van der Waals surface area contributed by atoms with Crippen molar-refractivity contribution < 1.29 is 19.4 Å². The minimum atomic E-state index is -0.630. The largest absolute Gasteiger partial charge is 0.454 e. The number of aliphatic hydroxyl groups excluding tert-OH is 1. The Hall–Kier alpha value is -0.870. The second kappa shape index (κ2) is 5.72. The molecule has 0 aliphatic rings. The molecular formula is C9H16O4. The van der Waals surface area contributed by atoms with Gasteiger partial charge in [-0.15, -0.1) is 0 Å². The molecule has 0 amide bonds. The molecule has 2 atom stereocenters. The van der Waals surface area contributed by atoms with Gasteiger partial charge in [-0.05, 0) is 13.8 Å². The van der Waals surface area contributed by atoms with Gasteiger partial charge in [0.1, 0.15) is 0 Å². The zero-order valence-electron chi connectivity index (χ0n) is 8.24. The molecule has 4 heteroatoms. The van der Waals surface area contributed by atoms with Gasteiger partial charge >= 0.3 is 5.97 Å². The van der Waals surface area contributed by atoms with Gasteiger partial charge in [0.25, 0.3) is 0 Å². The molecule has 0 heterocycles. The highest BCUT2D eigenvalue weighted by molar-refractivity contribution is 5.87. The molecule has 0 bridgehead atoms. The summed E-state index contributed by atoms with van der Waals surface area (Å²) in [6.07, 6.45) is -0.956. The van der Waals surface area contributed by atoms with E-state index < -0.39 is 12.1 Å². The highest BCUT2D eigenvalue weighted by Crippen LogP contribution is 2.05. The second-order valence-electron chi connectivity index (χ2n) is 2.85. The summed E-state index contributed by atoms with van der Waals surface area (Å²) in [5, 5.41) is 8.87. The predicted molar refractivity (Wildman–Crippen MR) is 48.3 cm³/mol. The minimum absolute atomic E-state index is 0.256. The number of carbonyl (C=O) groups excluding carboxylic acids is 1. The van der Waals surface area contributed by atoms with Crippen molar-refractivity contribution in [3.63, 3.8) is 0 Å². The SMILES string of the molecule is C=C(C)C(=O)OC(CO)C(C)OC. The average molecular weight is 188 g/mol. The Kier molecular flexibility index (Phi) is 5.34. The maximum Gasteiger partial charge on any atom is 0.333 e. The Bertz CT molecular complexity index is 188. The van der Waals surface area contributed by atoms with E-state index in [1.54, 1.807) is 13.8 Å². The lowest BCUT2D eigenvalue weighted by molar-refractivity contribution is -0.153. The molecule has 0 aromatic carbocycles. The Labute approximate surface area is 78.2 Å². The molecule has 0 aromatic heterocycles. The Morgan fingerprint density at radius 1 is 1.62 bits per heavy atom. The van der Waals surface area contributed by atoms with Gasteiger partial charge in [-0.25, -0.2) is 4.79 Å². The van der Waals surface area contributed by atoms with Crippen molar-refractivity contribution in [1.82, 2.24) is 0 Å². The van der Waals surface area contributed by atoms with Crippen LogP contribution < -0.4 is 0 Å². The fraction of sp³-hybridized carbons (Fsp3) is 0.667. The topological polar surface area (TPSA) is 55.8 Å². The fourth-order valence-electron chi connectivity index (χ4n) is 0.671. The third-order valence-electron chi connectivity index (χ3n) is 1.68. The monoisotopic (exact) mass is 188 g/mol. The molecule has 76 valence electrons. The molecule has 0 aromatic rings. The minimum Gasteiger partial charge on any atom is -0.454 e. The first-order valence-electron chi connectivity index (χ1n) is 4.03. The van der Waals surface area contributed by atoms with Gasteiger partial charge in [-0.1, -0.05) is 6.58 Å². The van der Waals surface area contributed by atoms with Crippen LogP contribution in [0.3, 0.4) is 0 Å². The van der Waals surface area contributed by atoms with E-state index in [0.29, 0.717) is 5.57 Å². The number of methoxy groups -OCH3 is 1. The number of hydrogen-bond acceptors (Lipinski definition) is 4. The molecule has 0 saturated heterocycles. The molecule has 0 spiro atoms. The Morgan fingerprint density at radius 3 is 2.46 bits per heavy atom. The highest BCUT2D eigenvalue weighted by Gasteiger charge is 2.20. The van der Waals surface area contributed by atoms with Gasteiger partial charge in [0.15, 0.2) is 6.10 Å². The molecule has 0 saturated carbocycles. The molecule has 4 nitrogen and oxygen atoms in total. The van der Waals surface area contributed by atoms with Crippen LogP contribution >= 0.6 is 0 Å². The maximum atomic E-state index is 11.0. The summed E-state index contributed by atoms with van der Waals surface area (Å²) in [5.41, 5.74) is 0.307. The Morgan fingerprint density at radius 2 is 2.15 bits per heavy atom. The average Bonchev–Trinajstić information content (AvgIpc) is 2.12. The lowest BCUT2D eigenvalue weighted by Crippen LogP contribution is -2.33. The van der Waals surface area contributed by atoms with E-state index in [2.05, 4.69) is 6.58 Å². The van der Waals surface area contributed by atoms with Gasteiger partial charge in [0.05, 0.1) is 12.7 Å². The van der Waals surface area contributed by atoms with Crippen LogP contribution in [0.4, 0.5) is 0 Å². The van der Waals surface area contributed by atoms with E-state index in [1.807, 2.05) is 0 Å². The lowest BCUT2D eigenvalue weighted by atomic mass is 10.2. The standard InChI is InChI=1S/C9H16O4/c1-6(2)9(11)13-8(5-10)7(3)12-4/h7-8,10H,1,5H2,2-4H3. The third-order valence-corrected chi connectivity index (χ3v) is 1.68. The number of carbonyl (C=O) groups is 1. The molecular weight excluding hydrogens is 172 g/mol. The Balaban J connectivity index is 4.12. The van der Waals surface area contributed by atoms with E-state index >= 15 is 0 Å². The molecule has 0 aliphatic heterocycles. The van der Waals surface area contributed by atoms with Crippen LogP contribution in [0, 0.1) is 0 Å². The van der Waals surface area contributed by atoms with E-state index in [9.17, 15) is 4.79 Å². The number of aliphatic hydroxyl groups is 1. The quantitative estimate of drug-likeness (QED) is 0.504. The maximum absolute atomic E-state index is 11.0. The molecule has 0 aliphatic carbocycles. The number of rotatable bonds is 5. The van der Waals surface area contributed by atoms with Crippen LogP contribution in [0.15, 0.2) is 12.2 Å². The molecule has 0 fully saturated rings. The zero-order valence-corrected chi connectivity index (χ0v) is 8.24.